The molecule has 0 radical (unpaired) electrons. The van der Waals surface area contributed by atoms with Crippen LogP contribution < -0.4 is 5.32 Å². The van der Waals surface area contributed by atoms with Crippen molar-refractivity contribution in [1.82, 2.24) is 5.32 Å². The summed E-state index contributed by atoms with van der Waals surface area (Å²) in [6, 6.07) is 8.84. The number of hydrogen-bond acceptors (Lipinski definition) is 2. The highest BCUT2D eigenvalue weighted by molar-refractivity contribution is 14.1. The molecule has 0 bridgehead atoms. The van der Waals surface area contributed by atoms with E-state index in [2.05, 4.69) is 59.1 Å². The number of methoxy groups -OCH3 is 1. The Bertz CT molecular complexity index is 254. The summed E-state index contributed by atoms with van der Waals surface area (Å²) >= 11 is 2.31. The predicted molar refractivity (Wildman–Crippen MR) is 67.5 cm³/mol. The lowest BCUT2D eigenvalue weighted by Gasteiger charge is -2.17. The van der Waals surface area contributed by atoms with Crippen molar-refractivity contribution in [3.63, 3.8) is 0 Å². The highest BCUT2D eigenvalue weighted by Crippen LogP contribution is 2.15. The number of hydrogen-bond donors (Lipinski definition) is 1. The summed E-state index contributed by atoms with van der Waals surface area (Å²) in [6.45, 7) is 3.78. The number of halogens is 1. The third-order valence-corrected chi connectivity index (χ3v) is 2.78. The summed E-state index contributed by atoms with van der Waals surface area (Å²) in [6.07, 6.45) is 0. The second-order valence-electron chi connectivity index (χ2n) is 3.12. The first-order valence-electron chi connectivity index (χ1n) is 4.75. The molecule has 1 aromatic carbocycles. The van der Waals surface area contributed by atoms with Gasteiger partial charge < -0.3 is 10.1 Å². The fourth-order valence-electron chi connectivity index (χ4n) is 1.38. The molecule has 1 N–H and O–H groups in total. The molecule has 0 saturated carbocycles. The van der Waals surface area contributed by atoms with Gasteiger partial charge in [0, 0.05) is 10.7 Å². The highest BCUT2D eigenvalue weighted by atomic mass is 127. The molecular weight excluding hydrogens is 289 g/mol. The number of rotatable bonds is 5. The van der Waals surface area contributed by atoms with E-state index in [0.717, 1.165) is 6.54 Å². The van der Waals surface area contributed by atoms with E-state index >= 15 is 0 Å². The molecule has 3 heteroatoms. The van der Waals surface area contributed by atoms with Gasteiger partial charge in [0.15, 0.2) is 0 Å². The molecular formula is C11H16INO. The Hall–Kier alpha value is -0.130. The third kappa shape index (κ3) is 3.55. The standard InChI is InChI=1S/C11H16INO/c1-3-13-11(8-14-2)9-4-6-10(12)7-5-9/h4-7,11,13H,3,8H2,1-2H3. The van der Waals surface area contributed by atoms with Gasteiger partial charge in [-0.2, -0.15) is 0 Å². The summed E-state index contributed by atoms with van der Waals surface area (Å²) in [5.74, 6) is 0. The van der Waals surface area contributed by atoms with Gasteiger partial charge >= 0.3 is 0 Å². The van der Waals surface area contributed by atoms with Crippen LogP contribution in [0.1, 0.15) is 18.5 Å². The van der Waals surface area contributed by atoms with Crippen LogP contribution in [0.15, 0.2) is 24.3 Å². The average molecular weight is 305 g/mol. The molecule has 0 aliphatic carbocycles. The second kappa shape index (κ2) is 6.37. The number of ether oxygens (including phenoxy) is 1. The Labute approximate surface area is 99.2 Å². The van der Waals surface area contributed by atoms with Gasteiger partial charge in [-0.15, -0.1) is 0 Å². The number of likely N-dealkylation sites (N-methyl/N-ethyl adjacent to an activating group) is 1. The minimum atomic E-state index is 0.307. The van der Waals surface area contributed by atoms with Gasteiger partial charge in [0.2, 0.25) is 0 Å². The molecule has 0 saturated heterocycles. The fraction of sp³-hybridized carbons (Fsp3) is 0.455. The van der Waals surface area contributed by atoms with Gasteiger partial charge in [-0.3, -0.25) is 0 Å². The Morgan fingerprint density at radius 1 is 1.36 bits per heavy atom. The monoisotopic (exact) mass is 305 g/mol. The van der Waals surface area contributed by atoms with Gasteiger partial charge in [0.1, 0.15) is 0 Å². The van der Waals surface area contributed by atoms with Crippen LogP contribution in [0.2, 0.25) is 0 Å². The zero-order valence-corrected chi connectivity index (χ0v) is 10.7. The Morgan fingerprint density at radius 2 is 2.00 bits per heavy atom. The first-order chi connectivity index (χ1) is 6.77. The lowest BCUT2D eigenvalue weighted by molar-refractivity contribution is 0.168. The number of benzene rings is 1. The van der Waals surface area contributed by atoms with Gasteiger partial charge in [0.05, 0.1) is 12.6 Å². The highest BCUT2D eigenvalue weighted by Gasteiger charge is 2.08. The van der Waals surface area contributed by atoms with E-state index in [-0.39, 0.29) is 0 Å². The second-order valence-corrected chi connectivity index (χ2v) is 4.36. The van der Waals surface area contributed by atoms with Crippen molar-refractivity contribution in [3.8, 4) is 0 Å². The summed E-state index contributed by atoms with van der Waals surface area (Å²) in [7, 11) is 1.73. The minimum absolute atomic E-state index is 0.307. The average Bonchev–Trinajstić information content (AvgIpc) is 2.19. The Balaban J connectivity index is 2.71. The molecule has 0 amide bonds. The summed E-state index contributed by atoms with van der Waals surface area (Å²) in [5.41, 5.74) is 1.29. The van der Waals surface area contributed by atoms with Crippen molar-refractivity contribution in [2.45, 2.75) is 13.0 Å². The first kappa shape index (κ1) is 11.9. The predicted octanol–water partition coefficient (Wildman–Crippen LogP) is 2.59. The SMILES string of the molecule is CCNC(COC)c1ccc(I)cc1. The van der Waals surface area contributed by atoms with Crippen LogP contribution >= 0.6 is 22.6 Å². The summed E-state index contributed by atoms with van der Waals surface area (Å²) in [5, 5.41) is 3.39. The van der Waals surface area contributed by atoms with Crippen LogP contribution in [0.3, 0.4) is 0 Å². The van der Waals surface area contributed by atoms with E-state index < -0.39 is 0 Å². The van der Waals surface area contributed by atoms with Gasteiger partial charge in [-0.1, -0.05) is 19.1 Å². The van der Waals surface area contributed by atoms with Crippen LogP contribution in [0.25, 0.3) is 0 Å². The molecule has 1 atom stereocenters. The summed E-state index contributed by atoms with van der Waals surface area (Å²) in [4.78, 5) is 0. The first-order valence-corrected chi connectivity index (χ1v) is 5.83. The molecule has 0 aromatic heterocycles. The van der Waals surface area contributed by atoms with Crippen LogP contribution in [0.4, 0.5) is 0 Å². The van der Waals surface area contributed by atoms with E-state index in [1.54, 1.807) is 7.11 Å². The third-order valence-electron chi connectivity index (χ3n) is 2.06. The molecule has 14 heavy (non-hydrogen) atoms. The molecule has 1 unspecified atom stereocenters. The molecule has 0 heterocycles. The molecule has 1 rings (SSSR count). The number of nitrogens with one attached hydrogen (secondary N) is 1. The van der Waals surface area contributed by atoms with Crippen molar-refractivity contribution in [2.24, 2.45) is 0 Å². The van der Waals surface area contributed by atoms with Crippen LogP contribution in [0.5, 0.6) is 0 Å². The van der Waals surface area contributed by atoms with Gasteiger partial charge in [-0.25, -0.2) is 0 Å². The van der Waals surface area contributed by atoms with Gasteiger partial charge in [0.25, 0.3) is 0 Å². The van der Waals surface area contributed by atoms with Crippen molar-refractivity contribution in [3.05, 3.63) is 33.4 Å². The topological polar surface area (TPSA) is 21.3 Å². The maximum atomic E-state index is 5.18. The van der Waals surface area contributed by atoms with E-state index in [1.165, 1.54) is 9.13 Å². The lowest BCUT2D eigenvalue weighted by atomic mass is 10.1. The van der Waals surface area contributed by atoms with E-state index in [1.807, 2.05) is 0 Å². The van der Waals surface area contributed by atoms with Crippen LogP contribution in [-0.2, 0) is 4.74 Å². The molecule has 0 aliphatic heterocycles. The zero-order valence-electron chi connectivity index (χ0n) is 8.59. The van der Waals surface area contributed by atoms with E-state index in [0.29, 0.717) is 12.6 Å². The maximum absolute atomic E-state index is 5.18. The Morgan fingerprint density at radius 3 is 2.50 bits per heavy atom. The van der Waals surface area contributed by atoms with Crippen LogP contribution in [-0.4, -0.2) is 20.3 Å². The van der Waals surface area contributed by atoms with Gasteiger partial charge in [-0.05, 0) is 46.8 Å². The van der Waals surface area contributed by atoms with E-state index in [4.69, 9.17) is 4.74 Å². The normalized spacial score (nSPS) is 12.8. The zero-order chi connectivity index (χ0) is 10.4. The minimum Gasteiger partial charge on any atom is -0.383 e. The lowest BCUT2D eigenvalue weighted by Crippen LogP contribution is -2.24. The molecule has 78 valence electrons. The van der Waals surface area contributed by atoms with Crippen molar-refractivity contribution < 1.29 is 4.74 Å². The molecule has 1 aromatic rings. The maximum Gasteiger partial charge on any atom is 0.0657 e. The Kier molecular flexibility index (Phi) is 5.44. The largest absolute Gasteiger partial charge is 0.383 e. The van der Waals surface area contributed by atoms with Crippen molar-refractivity contribution >= 4 is 22.6 Å². The fourth-order valence-corrected chi connectivity index (χ4v) is 1.74. The smallest absolute Gasteiger partial charge is 0.0657 e. The van der Waals surface area contributed by atoms with Crippen LogP contribution in [0, 0.1) is 3.57 Å². The van der Waals surface area contributed by atoms with E-state index in [9.17, 15) is 0 Å². The quantitative estimate of drug-likeness (QED) is 0.844. The molecule has 2 nitrogen and oxygen atoms in total. The molecule has 0 aliphatic rings. The summed E-state index contributed by atoms with van der Waals surface area (Å²) < 4.78 is 6.44. The molecule has 0 spiro atoms. The van der Waals surface area contributed by atoms with Crippen molar-refractivity contribution in [1.29, 1.82) is 0 Å². The van der Waals surface area contributed by atoms with Crippen molar-refractivity contribution in [2.75, 3.05) is 20.3 Å². The molecule has 0 fully saturated rings.